The van der Waals surface area contributed by atoms with Crippen molar-refractivity contribution in [1.29, 1.82) is 0 Å². The molecule has 1 saturated carbocycles. The van der Waals surface area contributed by atoms with Crippen LogP contribution in [0.25, 0.3) is 0 Å². The SMILES string of the molecule is O=C(Nc1cnc(F)cc1OCC(F)(F)F)c1ccnc(NC2CCC2)n1. The minimum Gasteiger partial charge on any atom is -0.482 e. The number of carbonyl (C=O) groups excluding carboxylic acids is 1. The van der Waals surface area contributed by atoms with Gasteiger partial charge < -0.3 is 15.4 Å². The predicted molar refractivity (Wildman–Crippen MR) is 87.0 cm³/mol. The van der Waals surface area contributed by atoms with Crippen molar-refractivity contribution in [2.24, 2.45) is 0 Å². The highest BCUT2D eigenvalue weighted by molar-refractivity contribution is 6.03. The predicted octanol–water partition coefficient (Wildman–Crippen LogP) is 3.17. The summed E-state index contributed by atoms with van der Waals surface area (Å²) in [6.07, 6.45) is 0.717. The number of halogens is 4. The summed E-state index contributed by atoms with van der Waals surface area (Å²) in [7, 11) is 0. The maximum atomic E-state index is 13.2. The van der Waals surface area contributed by atoms with Gasteiger partial charge in [0.2, 0.25) is 11.9 Å². The molecule has 11 heteroatoms. The second kappa shape index (κ2) is 7.72. The number of aromatic nitrogens is 3. The third kappa shape index (κ3) is 5.25. The molecule has 0 radical (unpaired) electrons. The lowest BCUT2D eigenvalue weighted by atomic mass is 9.93. The van der Waals surface area contributed by atoms with Gasteiger partial charge in [-0.3, -0.25) is 4.79 Å². The summed E-state index contributed by atoms with van der Waals surface area (Å²) in [6.45, 7) is -1.64. The molecule has 1 aliphatic carbocycles. The number of nitrogens with zero attached hydrogens (tertiary/aromatic N) is 3. The molecule has 1 amide bonds. The van der Waals surface area contributed by atoms with Gasteiger partial charge in [0.05, 0.1) is 6.20 Å². The highest BCUT2D eigenvalue weighted by Crippen LogP contribution is 2.27. The Balaban J connectivity index is 1.72. The van der Waals surface area contributed by atoms with Crippen molar-refractivity contribution in [2.75, 3.05) is 17.2 Å². The summed E-state index contributed by atoms with van der Waals surface area (Å²) in [5.74, 6) is -1.98. The van der Waals surface area contributed by atoms with Crippen LogP contribution in [-0.4, -0.2) is 39.7 Å². The number of hydrogen-bond donors (Lipinski definition) is 2. The van der Waals surface area contributed by atoms with E-state index in [1.165, 1.54) is 12.3 Å². The Hall–Kier alpha value is -2.98. The molecule has 2 aromatic heterocycles. The molecule has 2 aromatic rings. The van der Waals surface area contributed by atoms with Crippen molar-refractivity contribution in [3.63, 3.8) is 0 Å². The average molecular weight is 385 g/mol. The van der Waals surface area contributed by atoms with Crippen molar-refractivity contribution in [2.45, 2.75) is 31.5 Å². The summed E-state index contributed by atoms with van der Waals surface area (Å²) < 4.78 is 54.8. The zero-order chi connectivity index (χ0) is 19.4. The van der Waals surface area contributed by atoms with E-state index in [1.807, 2.05) is 0 Å². The van der Waals surface area contributed by atoms with Crippen molar-refractivity contribution in [3.8, 4) is 5.75 Å². The van der Waals surface area contributed by atoms with Gasteiger partial charge in [-0.2, -0.15) is 17.6 Å². The molecule has 0 bridgehead atoms. The Morgan fingerprint density at radius 1 is 1.30 bits per heavy atom. The third-order valence-corrected chi connectivity index (χ3v) is 3.80. The minimum absolute atomic E-state index is 0.0158. The molecule has 0 aliphatic heterocycles. The van der Waals surface area contributed by atoms with Gasteiger partial charge in [-0.05, 0) is 25.3 Å². The van der Waals surface area contributed by atoms with Crippen LogP contribution in [0.5, 0.6) is 5.75 Å². The van der Waals surface area contributed by atoms with Gasteiger partial charge in [-0.1, -0.05) is 0 Å². The van der Waals surface area contributed by atoms with Crippen LogP contribution in [0.4, 0.5) is 29.2 Å². The number of nitrogens with one attached hydrogen (secondary N) is 2. The minimum atomic E-state index is -4.62. The summed E-state index contributed by atoms with van der Waals surface area (Å²) in [4.78, 5) is 23.8. The quantitative estimate of drug-likeness (QED) is 0.587. The topological polar surface area (TPSA) is 89.0 Å². The Bertz CT molecular complexity index is 827. The van der Waals surface area contributed by atoms with E-state index in [9.17, 15) is 22.4 Å². The van der Waals surface area contributed by atoms with Crippen LogP contribution in [0, 0.1) is 5.95 Å². The standard InChI is InChI=1S/C16H15F4N5O2/c17-13-6-12(27-8-16(18,19)20)11(7-22-13)24-14(26)10-4-5-21-15(25-10)23-9-2-1-3-9/h4-7,9H,1-3,8H2,(H,24,26)(H,21,23,25). The Morgan fingerprint density at radius 3 is 2.74 bits per heavy atom. The smallest absolute Gasteiger partial charge is 0.422 e. The number of ether oxygens (including phenoxy) is 1. The fourth-order valence-corrected chi connectivity index (χ4v) is 2.26. The van der Waals surface area contributed by atoms with Gasteiger partial charge in [0.25, 0.3) is 5.91 Å². The Kier molecular flexibility index (Phi) is 5.38. The van der Waals surface area contributed by atoms with E-state index in [4.69, 9.17) is 0 Å². The largest absolute Gasteiger partial charge is 0.482 e. The Morgan fingerprint density at radius 2 is 2.07 bits per heavy atom. The van der Waals surface area contributed by atoms with E-state index in [0.29, 0.717) is 6.07 Å². The van der Waals surface area contributed by atoms with Gasteiger partial charge >= 0.3 is 6.18 Å². The van der Waals surface area contributed by atoms with Gasteiger partial charge in [-0.15, -0.1) is 0 Å². The van der Waals surface area contributed by atoms with Gasteiger partial charge in [0, 0.05) is 18.3 Å². The van der Waals surface area contributed by atoms with Crippen LogP contribution in [-0.2, 0) is 0 Å². The van der Waals surface area contributed by atoms with Gasteiger partial charge in [-0.25, -0.2) is 15.0 Å². The van der Waals surface area contributed by atoms with E-state index >= 15 is 0 Å². The summed E-state index contributed by atoms with van der Waals surface area (Å²) in [6, 6.07) is 2.26. The first-order chi connectivity index (χ1) is 12.8. The molecule has 1 fully saturated rings. The van der Waals surface area contributed by atoms with E-state index in [2.05, 4.69) is 30.3 Å². The maximum Gasteiger partial charge on any atom is 0.422 e. The molecular formula is C16H15F4N5O2. The molecule has 7 nitrogen and oxygen atoms in total. The van der Waals surface area contributed by atoms with Crippen LogP contribution in [0.1, 0.15) is 29.8 Å². The number of amides is 1. The molecule has 0 aromatic carbocycles. The average Bonchev–Trinajstić information content (AvgIpc) is 2.58. The van der Waals surface area contributed by atoms with Crippen LogP contribution < -0.4 is 15.4 Å². The van der Waals surface area contributed by atoms with Crippen LogP contribution in [0.2, 0.25) is 0 Å². The van der Waals surface area contributed by atoms with Crippen LogP contribution in [0.15, 0.2) is 24.5 Å². The highest BCUT2D eigenvalue weighted by atomic mass is 19.4. The van der Waals surface area contributed by atoms with E-state index in [1.54, 1.807) is 0 Å². The fourth-order valence-electron chi connectivity index (χ4n) is 2.26. The molecule has 27 heavy (non-hydrogen) atoms. The molecule has 1 aliphatic rings. The lowest BCUT2D eigenvalue weighted by molar-refractivity contribution is -0.153. The zero-order valence-corrected chi connectivity index (χ0v) is 13.9. The number of alkyl halides is 3. The van der Waals surface area contributed by atoms with Crippen molar-refractivity contribution < 1.29 is 27.1 Å². The zero-order valence-electron chi connectivity index (χ0n) is 13.9. The van der Waals surface area contributed by atoms with Gasteiger partial charge in [0.15, 0.2) is 6.61 Å². The summed E-state index contributed by atoms with van der Waals surface area (Å²) in [5, 5.41) is 5.40. The number of rotatable bonds is 6. The molecule has 144 valence electrons. The van der Waals surface area contributed by atoms with E-state index < -0.39 is 30.4 Å². The summed E-state index contributed by atoms with van der Waals surface area (Å²) >= 11 is 0. The maximum absolute atomic E-state index is 13.2. The second-order valence-corrected chi connectivity index (χ2v) is 5.90. The lowest BCUT2D eigenvalue weighted by Gasteiger charge is -2.26. The number of pyridine rings is 1. The van der Waals surface area contributed by atoms with Crippen LogP contribution in [0.3, 0.4) is 0 Å². The first kappa shape index (κ1) is 18.8. The monoisotopic (exact) mass is 385 g/mol. The van der Waals surface area contributed by atoms with Crippen molar-refractivity contribution in [3.05, 3.63) is 36.2 Å². The summed E-state index contributed by atoms with van der Waals surface area (Å²) in [5.41, 5.74) is -0.226. The number of carbonyl (C=O) groups is 1. The first-order valence-electron chi connectivity index (χ1n) is 8.06. The normalized spacial score (nSPS) is 14.4. The molecule has 0 atom stereocenters. The fraction of sp³-hybridized carbons (Fsp3) is 0.375. The number of hydrogen-bond acceptors (Lipinski definition) is 6. The van der Waals surface area contributed by atoms with E-state index in [-0.39, 0.29) is 23.4 Å². The molecule has 3 rings (SSSR count). The first-order valence-corrected chi connectivity index (χ1v) is 8.06. The Labute approximate surface area is 151 Å². The van der Waals surface area contributed by atoms with Gasteiger partial charge in [0.1, 0.15) is 17.1 Å². The molecule has 0 saturated heterocycles. The second-order valence-electron chi connectivity index (χ2n) is 5.90. The molecule has 0 unspecified atom stereocenters. The highest BCUT2D eigenvalue weighted by Gasteiger charge is 2.29. The molecule has 0 spiro atoms. The van der Waals surface area contributed by atoms with Crippen molar-refractivity contribution >= 4 is 17.5 Å². The van der Waals surface area contributed by atoms with E-state index in [0.717, 1.165) is 25.5 Å². The van der Waals surface area contributed by atoms with Crippen molar-refractivity contribution in [1.82, 2.24) is 15.0 Å². The molecular weight excluding hydrogens is 370 g/mol. The lowest BCUT2D eigenvalue weighted by Crippen LogP contribution is -2.28. The molecule has 2 heterocycles. The van der Waals surface area contributed by atoms with Crippen LogP contribution >= 0.6 is 0 Å². The number of anilines is 2. The molecule has 2 N–H and O–H groups in total. The third-order valence-electron chi connectivity index (χ3n) is 3.80.